The van der Waals surface area contributed by atoms with Gasteiger partial charge in [-0.2, -0.15) is 5.10 Å². The van der Waals surface area contributed by atoms with E-state index >= 15 is 0 Å². The Labute approximate surface area is 161 Å². The van der Waals surface area contributed by atoms with Crippen molar-refractivity contribution < 1.29 is 4.79 Å². The SMILES string of the molecule is Cc1n[nH]c(C)c1CCN1CCC2(CC1)CC(=O)N(Cc1ccccc1)C2. The van der Waals surface area contributed by atoms with Crippen molar-refractivity contribution >= 4 is 5.91 Å². The highest BCUT2D eigenvalue weighted by Crippen LogP contribution is 2.41. The molecule has 2 fully saturated rings. The molecule has 5 nitrogen and oxygen atoms in total. The van der Waals surface area contributed by atoms with Gasteiger partial charge in [0.1, 0.15) is 0 Å². The van der Waals surface area contributed by atoms with Gasteiger partial charge in [0.2, 0.25) is 5.91 Å². The van der Waals surface area contributed by atoms with Crippen LogP contribution in [0.25, 0.3) is 0 Å². The molecule has 1 N–H and O–H groups in total. The number of aryl methyl sites for hydroxylation is 2. The van der Waals surface area contributed by atoms with Gasteiger partial charge in [0, 0.05) is 31.7 Å². The van der Waals surface area contributed by atoms with E-state index in [2.05, 4.69) is 46.0 Å². The minimum Gasteiger partial charge on any atom is -0.338 e. The van der Waals surface area contributed by atoms with Crippen molar-refractivity contribution in [1.29, 1.82) is 0 Å². The summed E-state index contributed by atoms with van der Waals surface area (Å²) in [4.78, 5) is 17.2. The molecule has 0 saturated carbocycles. The normalized spacial score (nSPS) is 19.9. The Morgan fingerprint density at radius 3 is 2.56 bits per heavy atom. The van der Waals surface area contributed by atoms with E-state index in [4.69, 9.17) is 0 Å². The van der Waals surface area contributed by atoms with Gasteiger partial charge in [0.25, 0.3) is 0 Å². The second-order valence-corrected chi connectivity index (χ2v) is 8.42. The first-order valence-corrected chi connectivity index (χ1v) is 10.1. The number of likely N-dealkylation sites (tertiary alicyclic amines) is 2. The number of H-pyrrole nitrogens is 1. The average molecular weight is 367 g/mol. The molecule has 0 bridgehead atoms. The molecular weight excluding hydrogens is 336 g/mol. The molecule has 2 aromatic rings. The van der Waals surface area contributed by atoms with E-state index in [9.17, 15) is 4.79 Å². The molecule has 2 aliphatic heterocycles. The van der Waals surface area contributed by atoms with Crippen LogP contribution in [0.15, 0.2) is 30.3 Å². The first kappa shape index (κ1) is 18.2. The van der Waals surface area contributed by atoms with E-state index in [1.165, 1.54) is 16.8 Å². The average Bonchev–Trinajstić information content (AvgIpc) is 3.15. The third kappa shape index (κ3) is 3.93. The van der Waals surface area contributed by atoms with Crippen LogP contribution in [0.3, 0.4) is 0 Å². The van der Waals surface area contributed by atoms with Crippen LogP contribution >= 0.6 is 0 Å². The third-order valence-corrected chi connectivity index (χ3v) is 6.50. The van der Waals surface area contributed by atoms with E-state index in [-0.39, 0.29) is 5.41 Å². The van der Waals surface area contributed by atoms with Crippen molar-refractivity contribution in [2.75, 3.05) is 26.2 Å². The van der Waals surface area contributed by atoms with Gasteiger partial charge in [0.15, 0.2) is 0 Å². The molecule has 27 heavy (non-hydrogen) atoms. The zero-order chi connectivity index (χ0) is 18.9. The van der Waals surface area contributed by atoms with Gasteiger partial charge in [-0.1, -0.05) is 30.3 Å². The summed E-state index contributed by atoms with van der Waals surface area (Å²) in [7, 11) is 0. The monoisotopic (exact) mass is 366 g/mol. The smallest absolute Gasteiger partial charge is 0.223 e. The molecule has 0 aliphatic carbocycles. The Balaban J connectivity index is 1.30. The number of carbonyl (C=O) groups is 1. The number of hydrogen-bond donors (Lipinski definition) is 1. The number of piperidine rings is 1. The number of nitrogens with zero attached hydrogens (tertiary/aromatic N) is 3. The first-order valence-electron chi connectivity index (χ1n) is 10.1. The standard InChI is InChI=1S/C22H30N4O/c1-17-20(18(2)24-23-17)8-11-25-12-9-22(10-13-25)14-21(27)26(16-22)15-19-6-4-3-5-7-19/h3-7H,8-16H2,1-2H3,(H,23,24). The quantitative estimate of drug-likeness (QED) is 0.885. The van der Waals surface area contributed by atoms with Crippen LogP contribution in [0.4, 0.5) is 0 Å². The van der Waals surface area contributed by atoms with Gasteiger partial charge in [-0.15, -0.1) is 0 Å². The number of amides is 1. The molecular formula is C22H30N4O. The van der Waals surface area contributed by atoms with Crippen LogP contribution in [0.5, 0.6) is 0 Å². The fourth-order valence-corrected chi connectivity index (χ4v) is 4.73. The lowest BCUT2D eigenvalue weighted by molar-refractivity contribution is -0.128. The topological polar surface area (TPSA) is 52.2 Å². The predicted octanol–water partition coefficient (Wildman–Crippen LogP) is 3.08. The second-order valence-electron chi connectivity index (χ2n) is 8.42. The molecule has 5 heteroatoms. The molecule has 2 saturated heterocycles. The number of aromatic nitrogens is 2. The van der Waals surface area contributed by atoms with Crippen molar-refractivity contribution in [3.8, 4) is 0 Å². The summed E-state index contributed by atoms with van der Waals surface area (Å²) in [5, 5.41) is 7.38. The molecule has 4 rings (SSSR count). The third-order valence-electron chi connectivity index (χ3n) is 6.50. The van der Waals surface area contributed by atoms with Gasteiger partial charge in [-0.3, -0.25) is 9.89 Å². The van der Waals surface area contributed by atoms with Crippen LogP contribution in [-0.4, -0.2) is 52.1 Å². The number of rotatable bonds is 5. The minimum absolute atomic E-state index is 0.198. The zero-order valence-corrected chi connectivity index (χ0v) is 16.5. The van der Waals surface area contributed by atoms with E-state index in [0.29, 0.717) is 5.91 Å². The van der Waals surface area contributed by atoms with E-state index in [0.717, 1.165) is 64.1 Å². The largest absolute Gasteiger partial charge is 0.338 e. The lowest BCUT2D eigenvalue weighted by atomic mass is 9.77. The van der Waals surface area contributed by atoms with Crippen LogP contribution in [-0.2, 0) is 17.8 Å². The Kier molecular flexibility index (Phi) is 5.04. The number of hydrogen-bond acceptors (Lipinski definition) is 3. The van der Waals surface area contributed by atoms with Gasteiger partial charge >= 0.3 is 0 Å². The van der Waals surface area contributed by atoms with Crippen LogP contribution in [0, 0.1) is 19.3 Å². The van der Waals surface area contributed by atoms with E-state index in [1.807, 2.05) is 18.2 Å². The maximum Gasteiger partial charge on any atom is 0.223 e. The summed E-state index contributed by atoms with van der Waals surface area (Å²) in [5.41, 5.74) is 5.11. The maximum atomic E-state index is 12.6. The number of carbonyl (C=O) groups excluding carboxylic acids is 1. The van der Waals surface area contributed by atoms with Crippen LogP contribution < -0.4 is 0 Å². The number of aromatic amines is 1. The predicted molar refractivity (Wildman–Crippen MR) is 106 cm³/mol. The van der Waals surface area contributed by atoms with Crippen LogP contribution in [0.1, 0.15) is 41.8 Å². The molecule has 144 valence electrons. The molecule has 1 amide bonds. The Morgan fingerprint density at radius 2 is 1.89 bits per heavy atom. The van der Waals surface area contributed by atoms with Gasteiger partial charge in [-0.05, 0) is 62.7 Å². The lowest BCUT2D eigenvalue weighted by Crippen LogP contribution is -2.42. The van der Waals surface area contributed by atoms with E-state index in [1.54, 1.807) is 0 Å². The Morgan fingerprint density at radius 1 is 1.15 bits per heavy atom. The van der Waals surface area contributed by atoms with Crippen LogP contribution in [0.2, 0.25) is 0 Å². The van der Waals surface area contributed by atoms with Crippen molar-refractivity contribution in [1.82, 2.24) is 20.0 Å². The molecule has 0 unspecified atom stereocenters. The zero-order valence-electron chi connectivity index (χ0n) is 16.5. The van der Waals surface area contributed by atoms with Gasteiger partial charge in [0.05, 0.1) is 5.69 Å². The summed E-state index contributed by atoms with van der Waals surface area (Å²) < 4.78 is 0. The van der Waals surface area contributed by atoms with Crippen molar-refractivity contribution in [3.05, 3.63) is 52.8 Å². The highest BCUT2D eigenvalue weighted by Gasteiger charge is 2.44. The summed E-state index contributed by atoms with van der Waals surface area (Å²) in [6, 6.07) is 10.3. The summed E-state index contributed by atoms with van der Waals surface area (Å²) in [6.07, 6.45) is 4.05. The van der Waals surface area contributed by atoms with Gasteiger partial charge in [-0.25, -0.2) is 0 Å². The number of nitrogens with one attached hydrogen (secondary N) is 1. The number of benzene rings is 1. The molecule has 2 aliphatic rings. The molecule has 1 aromatic heterocycles. The highest BCUT2D eigenvalue weighted by atomic mass is 16.2. The van der Waals surface area contributed by atoms with Crippen molar-refractivity contribution in [2.24, 2.45) is 5.41 Å². The fraction of sp³-hybridized carbons (Fsp3) is 0.545. The summed E-state index contributed by atoms with van der Waals surface area (Å²) in [5.74, 6) is 0.331. The van der Waals surface area contributed by atoms with Gasteiger partial charge < -0.3 is 9.80 Å². The fourth-order valence-electron chi connectivity index (χ4n) is 4.73. The summed E-state index contributed by atoms with van der Waals surface area (Å²) in [6.45, 7) is 9.14. The first-order chi connectivity index (χ1) is 13.0. The van der Waals surface area contributed by atoms with Crippen molar-refractivity contribution in [3.63, 3.8) is 0 Å². The Bertz CT molecular complexity index is 770. The molecule has 3 heterocycles. The molecule has 1 spiro atoms. The summed E-state index contributed by atoms with van der Waals surface area (Å²) >= 11 is 0. The molecule has 0 atom stereocenters. The van der Waals surface area contributed by atoms with Crippen molar-refractivity contribution in [2.45, 2.75) is 46.1 Å². The molecule has 1 aromatic carbocycles. The minimum atomic E-state index is 0.198. The Hall–Kier alpha value is -2.14. The molecule has 0 radical (unpaired) electrons. The van der Waals surface area contributed by atoms with E-state index < -0.39 is 0 Å². The maximum absolute atomic E-state index is 12.6. The highest BCUT2D eigenvalue weighted by molar-refractivity contribution is 5.79. The second kappa shape index (κ2) is 7.47. The lowest BCUT2D eigenvalue weighted by Gasteiger charge is -2.38.